The molecule has 2 amide bonds. The average molecular weight is 423 g/mol. The maximum absolute atomic E-state index is 13.2. The minimum Gasteiger partial charge on any atom is -0.353 e. The third-order valence-electron chi connectivity index (χ3n) is 6.28. The molecule has 1 aliphatic heterocycles. The summed E-state index contributed by atoms with van der Waals surface area (Å²) in [5.74, 6) is -0.298. The summed E-state index contributed by atoms with van der Waals surface area (Å²) in [4.78, 5) is 39.6. The van der Waals surface area contributed by atoms with Gasteiger partial charge in [0.05, 0.1) is 6.54 Å². The van der Waals surface area contributed by atoms with E-state index >= 15 is 0 Å². The normalized spacial score (nSPS) is 19.0. The van der Waals surface area contributed by atoms with Crippen LogP contribution in [0.3, 0.4) is 0 Å². The molecule has 1 aliphatic carbocycles. The van der Waals surface area contributed by atoms with Crippen molar-refractivity contribution in [3.63, 3.8) is 0 Å². The molecule has 0 bridgehead atoms. The van der Waals surface area contributed by atoms with Gasteiger partial charge in [-0.1, -0.05) is 43.9 Å². The summed E-state index contributed by atoms with van der Waals surface area (Å²) in [6.45, 7) is 2.16. The van der Waals surface area contributed by atoms with Crippen LogP contribution in [0.5, 0.6) is 0 Å². The minimum atomic E-state index is -0.311. The predicted octanol–water partition coefficient (Wildman–Crippen LogP) is 3.06. The van der Waals surface area contributed by atoms with E-state index in [0.29, 0.717) is 0 Å². The van der Waals surface area contributed by atoms with Gasteiger partial charge in [-0.3, -0.25) is 14.4 Å². The Morgan fingerprint density at radius 2 is 1.81 bits per heavy atom. The van der Waals surface area contributed by atoms with E-state index in [4.69, 9.17) is 0 Å². The standard InChI is InChI=1S/C24H30N4O3/c1-17-16-18-8-6-7-11-21(18)28(17)24(31)20-12-13-23(30)27(26-20)15-14-22(29)25-19-9-4-2-3-5-10-19/h6-8,11-13,17,19H,2-5,9-10,14-16H2,1H3,(H,25,29)/t17-/m1/s1. The van der Waals surface area contributed by atoms with Gasteiger partial charge in [-0.25, -0.2) is 4.68 Å². The zero-order valence-electron chi connectivity index (χ0n) is 18.0. The van der Waals surface area contributed by atoms with Gasteiger partial charge in [0, 0.05) is 30.3 Å². The largest absolute Gasteiger partial charge is 0.353 e. The van der Waals surface area contributed by atoms with Crippen molar-refractivity contribution in [1.82, 2.24) is 15.1 Å². The predicted molar refractivity (Wildman–Crippen MR) is 119 cm³/mol. The first kappa shape index (κ1) is 21.3. The van der Waals surface area contributed by atoms with Gasteiger partial charge < -0.3 is 10.2 Å². The second-order valence-electron chi connectivity index (χ2n) is 8.64. The maximum Gasteiger partial charge on any atom is 0.278 e. The molecule has 4 rings (SSSR count). The molecule has 0 saturated heterocycles. The van der Waals surface area contributed by atoms with Crippen LogP contribution in [0.15, 0.2) is 41.2 Å². The Balaban J connectivity index is 1.43. The first-order chi connectivity index (χ1) is 15.0. The molecule has 1 aromatic carbocycles. The number of fused-ring (bicyclic) bond motifs is 1. The summed E-state index contributed by atoms with van der Waals surface area (Å²) >= 11 is 0. The monoisotopic (exact) mass is 422 g/mol. The number of aromatic nitrogens is 2. The molecule has 0 spiro atoms. The van der Waals surface area contributed by atoms with E-state index in [1.54, 1.807) is 4.90 Å². The highest BCUT2D eigenvalue weighted by Gasteiger charge is 2.32. The van der Waals surface area contributed by atoms with Crippen LogP contribution in [-0.4, -0.2) is 33.7 Å². The fourth-order valence-electron chi connectivity index (χ4n) is 4.65. The van der Waals surface area contributed by atoms with E-state index in [-0.39, 0.29) is 48.1 Å². The maximum atomic E-state index is 13.2. The van der Waals surface area contributed by atoms with Crippen molar-refractivity contribution in [1.29, 1.82) is 0 Å². The van der Waals surface area contributed by atoms with Crippen LogP contribution in [0.1, 0.15) is 67.9 Å². The third-order valence-corrected chi connectivity index (χ3v) is 6.28. The third kappa shape index (κ3) is 4.86. The second-order valence-corrected chi connectivity index (χ2v) is 8.64. The highest BCUT2D eigenvalue weighted by atomic mass is 16.2. The van der Waals surface area contributed by atoms with E-state index < -0.39 is 0 Å². The first-order valence-corrected chi connectivity index (χ1v) is 11.3. The first-order valence-electron chi connectivity index (χ1n) is 11.3. The SMILES string of the molecule is C[C@@H]1Cc2ccccc2N1C(=O)c1ccc(=O)n(CCC(=O)NC2CCCCCC2)n1. The van der Waals surface area contributed by atoms with E-state index in [1.165, 1.54) is 29.7 Å². The van der Waals surface area contributed by atoms with Gasteiger partial charge in [-0.2, -0.15) is 5.10 Å². The topological polar surface area (TPSA) is 84.3 Å². The fourth-order valence-corrected chi connectivity index (χ4v) is 4.65. The Morgan fingerprint density at radius 1 is 1.06 bits per heavy atom. The molecule has 0 radical (unpaired) electrons. The summed E-state index contributed by atoms with van der Waals surface area (Å²) in [6, 6.07) is 10.9. The summed E-state index contributed by atoms with van der Waals surface area (Å²) in [7, 11) is 0. The number of carbonyl (C=O) groups excluding carboxylic acids is 2. The number of rotatable bonds is 5. The summed E-state index contributed by atoms with van der Waals surface area (Å²) in [6.07, 6.45) is 7.75. The number of anilines is 1. The second kappa shape index (κ2) is 9.45. The molecule has 7 heteroatoms. The molecule has 1 saturated carbocycles. The highest BCUT2D eigenvalue weighted by molar-refractivity contribution is 6.06. The Kier molecular flexibility index (Phi) is 6.49. The minimum absolute atomic E-state index is 0.0254. The summed E-state index contributed by atoms with van der Waals surface area (Å²) in [5.41, 5.74) is 1.93. The lowest BCUT2D eigenvalue weighted by atomic mass is 10.1. The smallest absolute Gasteiger partial charge is 0.278 e. The summed E-state index contributed by atoms with van der Waals surface area (Å²) in [5, 5.41) is 7.38. The number of carbonyl (C=O) groups is 2. The molecule has 1 N–H and O–H groups in total. The van der Waals surface area contributed by atoms with E-state index in [2.05, 4.69) is 10.4 Å². The number of para-hydroxylation sites is 1. The van der Waals surface area contributed by atoms with Crippen molar-refractivity contribution in [2.24, 2.45) is 0 Å². The van der Waals surface area contributed by atoms with Crippen LogP contribution in [0.2, 0.25) is 0 Å². The lowest BCUT2D eigenvalue weighted by Crippen LogP contribution is -2.38. The molecular weight excluding hydrogens is 392 g/mol. The van der Waals surface area contributed by atoms with Gasteiger partial charge in [-0.05, 0) is 43.9 Å². The Morgan fingerprint density at radius 3 is 2.58 bits per heavy atom. The molecule has 2 aliphatic rings. The van der Waals surface area contributed by atoms with E-state index in [9.17, 15) is 14.4 Å². The molecule has 7 nitrogen and oxygen atoms in total. The van der Waals surface area contributed by atoms with Crippen LogP contribution in [-0.2, 0) is 17.8 Å². The van der Waals surface area contributed by atoms with Crippen LogP contribution in [0.25, 0.3) is 0 Å². The van der Waals surface area contributed by atoms with Gasteiger partial charge in [0.25, 0.3) is 11.5 Å². The van der Waals surface area contributed by atoms with Gasteiger partial charge >= 0.3 is 0 Å². The lowest BCUT2D eigenvalue weighted by Gasteiger charge is -2.22. The summed E-state index contributed by atoms with van der Waals surface area (Å²) < 4.78 is 1.23. The number of benzene rings is 1. The van der Waals surface area contributed by atoms with Crippen molar-refractivity contribution in [2.45, 2.75) is 76.9 Å². The molecule has 2 aromatic rings. The quantitative estimate of drug-likeness (QED) is 0.751. The highest BCUT2D eigenvalue weighted by Crippen LogP contribution is 2.32. The van der Waals surface area contributed by atoms with Crippen molar-refractivity contribution >= 4 is 17.5 Å². The molecule has 2 heterocycles. The average Bonchev–Trinajstić information content (AvgIpc) is 2.90. The molecule has 0 unspecified atom stereocenters. The number of amides is 2. The van der Waals surface area contributed by atoms with Crippen LogP contribution >= 0.6 is 0 Å². The Labute approximate surface area is 182 Å². The number of nitrogens with one attached hydrogen (secondary N) is 1. The number of hydrogen-bond donors (Lipinski definition) is 1. The van der Waals surface area contributed by atoms with Gasteiger partial charge in [0.15, 0.2) is 0 Å². The van der Waals surface area contributed by atoms with Crippen LogP contribution in [0, 0.1) is 0 Å². The van der Waals surface area contributed by atoms with Crippen molar-refractivity contribution in [3.05, 3.63) is 58.0 Å². The fraction of sp³-hybridized carbons (Fsp3) is 0.500. The number of aryl methyl sites for hydroxylation is 1. The Hall–Kier alpha value is -2.96. The van der Waals surface area contributed by atoms with E-state index in [0.717, 1.165) is 43.4 Å². The Bertz CT molecular complexity index is 1010. The molecule has 1 aromatic heterocycles. The van der Waals surface area contributed by atoms with Crippen molar-refractivity contribution < 1.29 is 9.59 Å². The molecular formula is C24H30N4O3. The van der Waals surface area contributed by atoms with Crippen LogP contribution in [0.4, 0.5) is 5.69 Å². The number of nitrogens with zero attached hydrogens (tertiary/aromatic N) is 3. The number of hydrogen-bond acceptors (Lipinski definition) is 4. The van der Waals surface area contributed by atoms with Gasteiger partial charge in [-0.15, -0.1) is 0 Å². The van der Waals surface area contributed by atoms with Gasteiger partial charge in [0.2, 0.25) is 5.91 Å². The molecule has 1 atom stereocenters. The molecule has 1 fully saturated rings. The van der Waals surface area contributed by atoms with Crippen LogP contribution < -0.4 is 15.8 Å². The molecule has 31 heavy (non-hydrogen) atoms. The van der Waals surface area contributed by atoms with Crippen molar-refractivity contribution in [3.8, 4) is 0 Å². The molecule has 164 valence electrons. The van der Waals surface area contributed by atoms with Gasteiger partial charge in [0.1, 0.15) is 5.69 Å². The van der Waals surface area contributed by atoms with Crippen molar-refractivity contribution in [2.75, 3.05) is 4.90 Å². The lowest BCUT2D eigenvalue weighted by molar-refractivity contribution is -0.122. The zero-order valence-corrected chi connectivity index (χ0v) is 18.0. The van der Waals surface area contributed by atoms with E-state index in [1.807, 2.05) is 31.2 Å². The zero-order chi connectivity index (χ0) is 21.8.